The average Bonchev–Trinajstić information content (AvgIpc) is 2.27. The standard InChI is InChI=1S/C8H13F2NO.ClH/c9-8(10)6-1-2-7(8,5-12)4-11-3-6;/h6,11-12H,1-5H2;1H. The number of alkyl halides is 2. The van der Waals surface area contributed by atoms with Crippen molar-refractivity contribution in [1.29, 1.82) is 0 Å². The molecule has 0 aromatic rings. The first-order valence-corrected chi connectivity index (χ1v) is 4.32. The lowest BCUT2D eigenvalue weighted by atomic mass is 9.80. The van der Waals surface area contributed by atoms with Crippen molar-refractivity contribution in [3.05, 3.63) is 0 Å². The summed E-state index contributed by atoms with van der Waals surface area (Å²) in [5.74, 6) is -3.22. The van der Waals surface area contributed by atoms with Crippen LogP contribution >= 0.6 is 12.4 Å². The van der Waals surface area contributed by atoms with E-state index in [0.29, 0.717) is 19.4 Å². The van der Waals surface area contributed by atoms with Crippen LogP contribution in [0, 0.1) is 11.3 Å². The Hall–Kier alpha value is 0.0700. The smallest absolute Gasteiger partial charge is 0.261 e. The molecule has 1 saturated carbocycles. The fourth-order valence-electron chi connectivity index (χ4n) is 2.39. The lowest BCUT2D eigenvalue weighted by molar-refractivity contribution is -0.159. The number of nitrogens with one attached hydrogen (secondary N) is 1. The first-order valence-electron chi connectivity index (χ1n) is 4.32. The molecule has 2 rings (SSSR count). The second kappa shape index (κ2) is 3.33. The molecule has 13 heavy (non-hydrogen) atoms. The minimum absolute atomic E-state index is 0. The van der Waals surface area contributed by atoms with E-state index in [9.17, 15) is 8.78 Å². The topological polar surface area (TPSA) is 32.3 Å². The summed E-state index contributed by atoms with van der Waals surface area (Å²) in [5.41, 5.74) is -1.16. The highest BCUT2D eigenvalue weighted by Gasteiger charge is 2.63. The Balaban J connectivity index is 0.000000845. The summed E-state index contributed by atoms with van der Waals surface area (Å²) >= 11 is 0. The van der Waals surface area contributed by atoms with Crippen molar-refractivity contribution in [3.8, 4) is 0 Å². The summed E-state index contributed by atoms with van der Waals surface area (Å²) in [5, 5.41) is 11.9. The Labute approximate surface area is 82.1 Å². The van der Waals surface area contributed by atoms with Crippen molar-refractivity contribution in [2.24, 2.45) is 11.3 Å². The van der Waals surface area contributed by atoms with Crippen molar-refractivity contribution in [1.82, 2.24) is 5.32 Å². The highest BCUT2D eigenvalue weighted by molar-refractivity contribution is 5.85. The van der Waals surface area contributed by atoms with E-state index in [4.69, 9.17) is 5.11 Å². The summed E-state index contributed by atoms with van der Waals surface area (Å²) in [6.07, 6.45) is 0.995. The van der Waals surface area contributed by atoms with Gasteiger partial charge in [0.2, 0.25) is 0 Å². The van der Waals surface area contributed by atoms with Gasteiger partial charge in [-0.05, 0) is 12.8 Å². The van der Waals surface area contributed by atoms with Gasteiger partial charge < -0.3 is 10.4 Å². The molecule has 78 valence electrons. The Kier molecular flexibility index (Phi) is 2.86. The molecule has 1 saturated heterocycles. The zero-order valence-corrected chi connectivity index (χ0v) is 8.04. The molecule has 2 N–H and O–H groups in total. The number of rotatable bonds is 1. The molecule has 2 nitrogen and oxygen atoms in total. The molecule has 0 spiro atoms. The van der Waals surface area contributed by atoms with Crippen molar-refractivity contribution in [2.75, 3.05) is 19.7 Å². The van der Waals surface area contributed by atoms with Crippen LogP contribution in [0.4, 0.5) is 8.78 Å². The van der Waals surface area contributed by atoms with E-state index >= 15 is 0 Å². The van der Waals surface area contributed by atoms with Crippen LogP contribution in [0.5, 0.6) is 0 Å². The molecular weight excluding hydrogens is 200 g/mol. The van der Waals surface area contributed by atoms with Crippen LogP contribution in [-0.2, 0) is 0 Å². The summed E-state index contributed by atoms with van der Waals surface area (Å²) in [6.45, 7) is 0.255. The van der Waals surface area contributed by atoms with E-state index in [1.54, 1.807) is 0 Å². The van der Waals surface area contributed by atoms with Crippen LogP contribution in [-0.4, -0.2) is 30.7 Å². The zero-order chi connectivity index (χ0) is 8.82. The van der Waals surface area contributed by atoms with Crippen LogP contribution in [0.15, 0.2) is 0 Å². The van der Waals surface area contributed by atoms with Gasteiger partial charge >= 0.3 is 0 Å². The molecule has 2 unspecified atom stereocenters. The molecule has 0 aromatic carbocycles. The third-order valence-electron chi connectivity index (χ3n) is 3.35. The van der Waals surface area contributed by atoms with Crippen LogP contribution < -0.4 is 5.32 Å². The Morgan fingerprint density at radius 1 is 1.46 bits per heavy atom. The average molecular weight is 214 g/mol. The fraction of sp³-hybridized carbons (Fsp3) is 1.00. The van der Waals surface area contributed by atoms with Crippen molar-refractivity contribution in [2.45, 2.75) is 18.8 Å². The van der Waals surface area contributed by atoms with Crippen molar-refractivity contribution in [3.63, 3.8) is 0 Å². The predicted octanol–water partition coefficient (Wildman–Crippen LogP) is 1.04. The number of hydrogen-bond donors (Lipinski definition) is 2. The Morgan fingerprint density at radius 3 is 2.69 bits per heavy atom. The van der Waals surface area contributed by atoms with Gasteiger partial charge in [-0.2, -0.15) is 0 Å². The van der Waals surface area contributed by atoms with Gasteiger partial charge in [-0.1, -0.05) is 0 Å². The van der Waals surface area contributed by atoms with Gasteiger partial charge in [0.25, 0.3) is 5.92 Å². The molecule has 1 aliphatic heterocycles. The number of fused-ring (bicyclic) bond motifs is 2. The third kappa shape index (κ3) is 1.27. The SMILES string of the molecule is Cl.OCC12CCC(CNC1)C2(F)F. The molecule has 5 heteroatoms. The molecular formula is C8H14ClF2NO. The van der Waals surface area contributed by atoms with E-state index in [1.165, 1.54) is 0 Å². The molecule has 0 aromatic heterocycles. The van der Waals surface area contributed by atoms with Gasteiger partial charge in [0.1, 0.15) is 0 Å². The second-order valence-electron chi connectivity index (χ2n) is 3.93. The number of hydrogen-bond acceptors (Lipinski definition) is 2. The number of halogens is 3. The van der Waals surface area contributed by atoms with Crippen molar-refractivity contribution >= 4 is 12.4 Å². The first-order chi connectivity index (χ1) is 5.62. The quantitative estimate of drug-likeness (QED) is 0.682. The van der Waals surface area contributed by atoms with E-state index < -0.39 is 23.9 Å². The van der Waals surface area contributed by atoms with Gasteiger partial charge in [0.15, 0.2) is 0 Å². The minimum Gasteiger partial charge on any atom is -0.396 e. The van der Waals surface area contributed by atoms with Gasteiger partial charge in [0.05, 0.1) is 12.0 Å². The van der Waals surface area contributed by atoms with E-state index in [2.05, 4.69) is 5.32 Å². The van der Waals surface area contributed by atoms with Crippen LogP contribution in [0.1, 0.15) is 12.8 Å². The predicted molar refractivity (Wildman–Crippen MR) is 47.3 cm³/mol. The first kappa shape index (κ1) is 11.1. The van der Waals surface area contributed by atoms with Crippen LogP contribution in [0.3, 0.4) is 0 Å². The molecule has 2 aliphatic rings. The van der Waals surface area contributed by atoms with E-state index in [1.807, 2.05) is 0 Å². The number of aliphatic hydroxyl groups excluding tert-OH is 1. The third-order valence-corrected chi connectivity index (χ3v) is 3.35. The summed E-state index contributed by atoms with van der Waals surface area (Å²) in [6, 6.07) is 0. The van der Waals surface area contributed by atoms with Crippen LogP contribution in [0.2, 0.25) is 0 Å². The minimum atomic E-state index is -2.66. The van der Waals surface area contributed by atoms with Gasteiger partial charge in [-0.3, -0.25) is 0 Å². The van der Waals surface area contributed by atoms with Crippen LogP contribution in [0.25, 0.3) is 0 Å². The maximum Gasteiger partial charge on any atom is 0.261 e. The second-order valence-corrected chi connectivity index (χ2v) is 3.93. The normalized spacial score (nSPS) is 41.3. The van der Waals surface area contributed by atoms with E-state index in [0.717, 1.165) is 0 Å². The lowest BCUT2D eigenvalue weighted by Gasteiger charge is -2.39. The monoisotopic (exact) mass is 213 g/mol. The highest BCUT2D eigenvalue weighted by Crippen LogP contribution is 2.54. The molecule has 1 heterocycles. The highest BCUT2D eigenvalue weighted by atomic mass is 35.5. The summed E-state index contributed by atoms with van der Waals surface area (Å²) < 4.78 is 27.0. The molecule has 2 bridgehead atoms. The van der Waals surface area contributed by atoms with Gasteiger partial charge in [-0.15, -0.1) is 12.4 Å². The molecule has 1 aliphatic carbocycles. The van der Waals surface area contributed by atoms with Gasteiger partial charge in [0, 0.05) is 19.0 Å². The summed E-state index contributed by atoms with van der Waals surface area (Å²) in [4.78, 5) is 0. The maximum atomic E-state index is 13.5. The molecule has 0 amide bonds. The van der Waals surface area contributed by atoms with E-state index in [-0.39, 0.29) is 19.0 Å². The maximum absolute atomic E-state index is 13.5. The lowest BCUT2D eigenvalue weighted by Crippen LogP contribution is -2.56. The van der Waals surface area contributed by atoms with Crippen molar-refractivity contribution < 1.29 is 13.9 Å². The molecule has 2 fully saturated rings. The molecule has 0 radical (unpaired) electrons. The number of aliphatic hydroxyl groups is 1. The Bertz CT molecular complexity index is 199. The Morgan fingerprint density at radius 2 is 2.15 bits per heavy atom. The van der Waals surface area contributed by atoms with Gasteiger partial charge in [-0.25, -0.2) is 8.78 Å². The summed E-state index contributed by atoms with van der Waals surface area (Å²) in [7, 11) is 0. The number of piperidine rings is 1. The zero-order valence-electron chi connectivity index (χ0n) is 7.22. The largest absolute Gasteiger partial charge is 0.396 e. The fourth-order valence-corrected chi connectivity index (χ4v) is 2.39. The molecule has 2 atom stereocenters.